The van der Waals surface area contributed by atoms with Crippen molar-refractivity contribution in [3.8, 4) is 0 Å². The summed E-state index contributed by atoms with van der Waals surface area (Å²) in [5.41, 5.74) is 2.86. The van der Waals surface area contributed by atoms with Crippen molar-refractivity contribution in [3.63, 3.8) is 0 Å². The number of amides is 1. The van der Waals surface area contributed by atoms with Crippen molar-refractivity contribution < 1.29 is 9.53 Å². The van der Waals surface area contributed by atoms with E-state index < -0.39 is 0 Å². The van der Waals surface area contributed by atoms with Crippen LogP contribution in [0.15, 0.2) is 60.7 Å². The van der Waals surface area contributed by atoms with Gasteiger partial charge in [0.05, 0.1) is 23.6 Å². The quantitative estimate of drug-likeness (QED) is 0.860. The number of hydrogen-bond donors (Lipinski definition) is 1. The summed E-state index contributed by atoms with van der Waals surface area (Å²) in [5, 5.41) is 3.00. The summed E-state index contributed by atoms with van der Waals surface area (Å²) in [4.78, 5) is 14.6. The van der Waals surface area contributed by atoms with Crippen LogP contribution in [0.1, 0.15) is 19.4 Å². The van der Waals surface area contributed by atoms with Gasteiger partial charge in [-0.2, -0.15) is 0 Å². The number of anilines is 2. The van der Waals surface area contributed by atoms with E-state index in [-0.39, 0.29) is 18.1 Å². The lowest BCUT2D eigenvalue weighted by molar-refractivity contribution is -0.111. The third-order valence-electron chi connectivity index (χ3n) is 4.15. The Bertz CT molecular complexity index is 733. The second-order valence-electron chi connectivity index (χ2n) is 6.41. The lowest BCUT2D eigenvalue weighted by Crippen LogP contribution is -2.45. The molecule has 0 aliphatic carbocycles. The van der Waals surface area contributed by atoms with E-state index in [1.165, 1.54) is 0 Å². The van der Waals surface area contributed by atoms with Crippen LogP contribution in [0.4, 0.5) is 11.4 Å². The van der Waals surface area contributed by atoms with Gasteiger partial charge in [0, 0.05) is 19.2 Å². The highest BCUT2D eigenvalue weighted by molar-refractivity contribution is 6.03. The minimum atomic E-state index is -0.134. The van der Waals surface area contributed by atoms with Crippen LogP contribution in [-0.4, -0.2) is 31.2 Å². The minimum absolute atomic E-state index is 0.134. The molecule has 1 fully saturated rings. The molecule has 2 unspecified atom stereocenters. The average Bonchev–Trinajstić information content (AvgIpc) is 2.60. The first kappa shape index (κ1) is 17.2. The summed E-state index contributed by atoms with van der Waals surface area (Å²) < 4.78 is 5.81. The molecule has 0 radical (unpaired) electrons. The second kappa shape index (κ2) is 7.99. The molecular weight excluding hydrogens is 312 g/mol. The Morgan fingerprint density at radius 3 is 2.40 bits per heavy atom. The first-order chi connectivity index (χ1) is 12.1. The van der Waals surface area contributed by atoms with Gasteiger partial charge < -0.3 is 15.0 Å². The fraction of sp³-hybridized carbons (Fsp3) is 0.286. The van der Waals surface area contributed by atoms with Crippen LogP contribution in [0, 0.1) is 0 Å². The second-order valence-corrected chi connectivity index (χ2v) is 6.41. The SMILES string of the molecule is CC1CN(c2ccccc2NC(=O)C=Cc2ccccc2)CC(C)O1. The van der Waals surface area contributed by atoms with Crippen molar-refractivity contribution >= 4 is 23.4 Å². The first-order valence-corrected chi connectivity index (χ1v) is 8.65. The molecule has 2 aromatic rings. The van der Waals surface area contributed by atoms with Crippen LogP contribution in [0.2, 0.25) is 0 Å². The Labute approximate surface area is 149 Å². The number of carbonyl (C=O) groups excluding carboxylic acids is 1. The van der Waals surface area contributed by atoms with Gasteiger partial charge in [-0.25, -0.2) is 0 Å². The van der Waals surface area contributed by atoms with Crippen LogP contribution in [0.3, 0.4) is 0 Å². The van der Waals surface area contributed by atoms with E-state index in [0.717, 1.165) is 30.0 Å². The summed E-state index contributed by atoms with van der Waals surface area (Å²) in [6.07, 6.45) is 3.73. The molecule has 2 aromatic carbocycles. The van der Waals surface area contributed by atoms with E-state index in [1.54, 1.807) is 6.08 Å². The number of ether oxygens (including phenoxy) is 1. The number of rotatable bonds is 4. The van der Waals surface area contributed by atoms with Gasteiger partial charge in [0.1, 0.15) is 0 Å². The molecule has 1 amide bonds. The van der Waals surface area contributed by atoms with Gasteiger partial charge >= 0.3 is 0 Å². The number of nitrogens with zero attached hydrogens (tertiary/aromatic N) is 1. The van der Waals surface area contributed by atoms with Gasteiger partial charge in [0.15, 0.2) is 0 Å². The topological polar surface area (TPSA) is 41.6 Å². The summed E-state index contributed by atoms with van der Waals surface area (Å²) in [7, 11) is 0. The summed E-state index contributed by atoms with van der Waals surface area (Å²) >= 11 is 0. The van der Waals surface area contributed by atoms with Gasteiger partial charge in [-0.3, -0.25) is 4.79 Å². The molecule has 1 heterocycles. The highest BCUT2D eigenvalue weighted by Gasteiger charge is 2.24. The van der Waals surface area contributed by atoms with E-state index in [9.17, 15) is 4.79 Å². The lowest BCUT2D eigenvalue weighted by Gasteiger charge is -2.37. The third kappa shape index (κ3) is 4.70. The van der Waals surface area contributed by atoms with Crippen LogP contribution >= 0.6 is 0 Å². The van der Waals surface area contributed by atoms with Crippen LogP contribution < -0.4 is 10.2 Å². The van der Waals surface area contributed by atoms with Crippen LogP contribution in [-0.2, 0) is 9.53 Å². The molecule has 1 saturated heterocycles. The van der Waals surface area contributed by atoms with Gasteiger partial charge in [-0.15, -0.1) is 0 Å². The molecule has 1 aliphatic rings. The van der Waals surface area contributed by atoms with Crippen molar-refractivity contribution in [1.29, 1.82) is 0 Å². The summed E-state index contributed by atoms with van der Waals surface area (Å²) in [6.45, 7) is 5.78. The van der Waals surface area contributed by atoms with Crippen molar-refractivity contribution in [2.75, 3.05) is 23.3 Å². The molecule has 0 aromatic heterocycles. The van der Waals surface area contributed by atoms with E-state index in [0.29, 0.717) is 0 Å². The molecular formula is C21H24N2O2. The maximum absolute atomic E-state index is 12.3. The molecule has 0 saturated carbocycles. The first-order valence-electron chi connectivity index (χ1n) is 8.65. The van der Waals surface area contributed by atoms with Crippen LogP contribution in [0.5, 0.6) is 0 Å². The number of carbonyl (C=O) groups is 1. The Morgan fingerprint density at radius 1 is 1.04 bits per heavy atom. The van der Waals surface area contributed by atoms with Crippen molar-refractivity contribution in [1.82, 2.24) is 0 Å². The Balaban J connectivity index is 1.72. The largest absolute Gasteiger partial charge is 0.372 e. The number of hydrogen-bond acceptors (Lipinski definition) is 3. The predicted molar refractivity (Wildman–Crippen MR) is 103 cm³/mol. The fourth-order valence-corrected chi connectivity index (χ4v) is 3.14. The molecule has 4 nitrogen and oxygen atoms in total. The van der Waals surface area contributed by atoms with Crippen molar-refractivity contribution in [2.45, 2.75) is 26.1 Å². The molecule has 3 rings (SSSR count). The highest BCUT2D eigenvalue weighted by atomic mass is 16.5. The number of benzene rings is 2. The summed E-state index contributed by atoms with van der Waals surface area (Å²) in [6, 6.07) is 17.7. The monoisotopic (exact) mass is 336 g/mol. The molecule has 130 valence electrons. The van der Waals surface area contributed by atoms with Gasteiger partial charge in [-0.05, 0) is 37.6 Å². The van der Waals surface area contributed by atoms with Crippen molar-refractivity contribution in [3.05, 3.63) is 66.2 Å². The van der Waals surface area contributed by atoms with Crippen molar-refractivity contribution in [2.24, 2.45) is 0 Å². The zero-order valence-corrected chi connectivity index (χ0v) is 14.7. The zero-order valence-electron chi connectivity index (χ0n) is 14.7. The lowest BCUT2D eigenvalue weighted by atomic mass is 10.1. The average molecular weight is 336 g/mol. The van der Waals surface area contributed by atoms with Gasteiger partial charge in [-0.1, -0.05) is 42.5 Å². The predicted octanol–water partition coefficient (Wildman–Crippen LogP) is 3.95. The maximum Gasteiger partial charge on any atom is 0.248 e. The van der Waals surface area contributed by atoms with Gasteiger partial charge in [0.2, 0.25) is 5.91 Å². The highest BCUT2D eigenvalue weighted by Crippen LogP contribution is 2.28. The minimum Gasteiger partial charge on any atom is -0.372 e. The van der Waals surface area contributed by atoms with Crippen LogP contribution in [0.25, 0.3) is 6.08 Å². The number of nitrogens with one attached hydrogen (secondary N) is 1. The molecule has 0 bridgehead atoms. The van der Waals surface area contributed by atoms with E-state index >= 15 is 0 Å². The van der Waals surface area contributed by atoms with E-state index in [4.69, 9.17) is 4.74 Å². The Morgan fingerprint density at radius 2 is 1.68 bits per heavy atom. The fourth-order valence-electron chi connectivity index (χ4n) is 3.14. The Hall–Kier alpha value is -2.59. The maximum atomic E-state index is 12.3. The molecule has 25 heavy (non-hydrogen) atoms. The number of morpholine rings is 1. The van der Waals surface area contributed by atoms with E-state index in [2.05, 4.69) is 24.1 Å². The normalized spacial score (nSPS) is 20.6. The standard InChI is InChI=1S/C21H24N2O2/c1-16-14-23(15-17(2)25-16)20-11-7-6-10-19(20)22-21(24)13-12-18-8-4-3-5-9-18/h3-13,16-17H,14-15H2,1-2H3,(H,22,24). The molecule has 1 aliphatic heterocycles. The molecule has 2 atom stereocenters. The van der Waals surface area contributed by atoms with E-state index in [1.807, 2.05) is 60.7 Å². The third-order valence-corrected chi connectivity index (χ3v) is 4.15. The zero-order chi connectivity index (χ0) is 17.6. The Kier molecular flexibility index (Phi) is 5.51. The van der Waals surface area contributed by atoms with Gasteiger partial charge in [0.25, 0.3) is 0 Å². The molecule has 1 N–H and O–H groups in total. The summed E-state index contributed by atoms with van der Waals surface area (Å²) in [5.74, 6) is -0.134. The smallest absolute Gasteiger partial charge is 0.248 e. The molecule has 0 spiro atoms. The molecule has 4 heteroatoms. The number of para-hydroxylation sites is 2.